The number of benzene rings is 2. The summed E-state index contributed by atoms with van der Waals surface area (Å²) in [7, 11) is -3.61. The second kappa shape index (κ2) is 8.55. The number of aromatic nitrogens is 1. The number of piperidine rings is 1. The second-order valence-electron chi connectivity index (χ2n) is 9.71. The minimum atomic E-state index is -3.61. The van der Waals surface area contributed by atoms with Crippen molar-refractivity contribution in [3.05, 3.63) is 59.8 Å². The van der Waals surface area contributed by atoms with Crippen molar-refractivity contribution in [2.75, 3.05) is 26.2 Å². The van der Waals surface area contributed by atoms with E-state index >= 15 is 0 Å². The number of hydrogen-bond acceptors (Lipinski definition) is 5. The third kappa shape index (κ3) is 4.33. The highest BCUT2D eigenvalue weighted by Crippen LogP contribution is 2.37. The maximum Gasteiger partial charge on any atom is 0.248 e. The topological polar surface area (TPSA) is 79.8 Å². The van der Waals surface area contributed by atoms with Crippen LogP contribution in [0.3, 0.4) is 0 Å². The fraction of sp³-hybridized carbons (Fsp3) is 0.385. The molecule has 2 aliphatic heterocycles. The highest BCUT2D eigenvalue weighted by molar-refractivity contribution is 7.89. The van der Waals surface area contributed by atoms with Gasteiger partial charge in [0.25, 0.3) is 0 Å². The molecule has 7 nitrogen and oxygen atoms in total. The number of rotatable bonds is 4. The van der Waals surface area contributed by atoms with E-state index in [1.165, 1.54) is 4.31 Å². The monoisotopic (exact) mass is 511 g/mol. The molecule has 6 rings (SSSR count). The van der Waals surface area contributed by atoms with Crippen molar-refractivity contribution in [1.82, 2.24) is 14.2 Å². The van der Waals surface area contributed by atoms with Crippen LogP contribution in [0.15, 0.2) is 59.6 Å². The Morgan fingerprint density at radius 2 is 1.71 bits per heavy atom. The molecule has 0 atom stereocenters. The van der Waals surface area contributed by atoms with E-state index in [1.807, 2.05) is 41.3 Å². The molecule has 182 valence electrons. The Morgan fingerprint density at radius 3 is 2.43 bits per heavy atom. The second-order valence-corrected chi connectivity index (χ2v) is 12.1. The van der Waals surface area contributed by atoms with Crippen molar-refractivity contribution in [2.24, 2.45) is 0 Å². The first-order valence-corrected chi connectivity index (χ1v) is 13.7. The molecule has 2 aromatic carbocycles. The molecule has 3 heterocycles. The van der Waals surface area contributed by atoms with E-state index < -0.39 is 15.6 Å². The van der Waals surface area contributed by atoms with Gasteiger partial charge in [-0.2, -0.15) is 4.31 Å². The smallest absolute Gasteiger partial charge is 0.248 e. The lowest BCUT2D eigenvalue weighted by molar-refractivity contribution is -0.170. The molecule has 1 spiro atoms. The van der Waals surface area contributed by atoms with Gasteiger partial charge in [-0.1, -0.05) is 35.9 Å². The molecule has 0 N–H and O–H groups in total. The van der Waals surface area contributed by atoms with Gasteiger partial charge in [0.2, 0.25) is 15.9 Å². The van der Waals surface area contributed by atoms with Crippen LogP contribution in [0.2, 0.25) is 5.02 Å². The molecule has 1 aliphatic carbocycles. The van der Waals surface area contributed by atoms with E-state index in [4.69, 9.17) is 16.3 Å². The maximum atomic E-state index is 13.3. The highest BCUT2D eigenvalue weighted by Gasteiger charge is 2.47. The minimum absolute atomic E-state index is 0.0549. The number of hydrogen-bond donors (Lipinski definition) is 0. The summed E-state index contributed by atoms with van der Waals surface area (Å²) in [6, 6.07) is 15.1. The lowest BCUT2D eigenvalue weighted by Gasteiger charge is -2.46. The zero-order valence-electron chi connectivity index (χ0n) is 19.2. The maximum absolute atomic E-state index is 13.3. The van der Waals surface area contributed by atoms with E-state index in [-0.39, 0.29) is 17.4 Å². The summed E-state index contributed by atoms with van der Waals surface area (Å²) in [5, 5.41) is 1.54. The van der Waals surface area contributed by atoms with Crippen molar-refractivity contribution in [3.63, 3.8) is 0 Å². The van der Waals surface area contributed by atoms with Crippen LogP contribution in [0.25, 0.3) is 22.0 Å². The minimum Gasteiger partial charge on any atom is -0.363 e. The van der Waals surface area contributed by atoms with Gasteiger partial charge < -0.3 is 9.64 Å². The fourth-order valence-corrected chi connectivity index (χ4v) is 6.75. The highest BCUT2D eigenvalue weighted by atomic mass is 35.5. The number of ether oxygens (including phenoxy) is 1. The van der Waals surface area contributed by atoms with Crippen molar-refractivity contribution < 1.29 is 17.9 Å². The Balaban J connectivity index is 1.16. The number of sulfonamides is 1. The third-order valence-electron chi connectivity index (χ3n) is 7.38. The number of carbonyl (C=O) groups excluding carboxylic acids is 1. The quantitative estimate of drug-likeness (QED) is 0.527. The molecule has 0 unspecified atom stereocenters. The van der Waals surface area contributed by atoms with Crippen molar-refractivity contribution >= 4 is 38.4 Å². The van der Waals surface area contributed by atoms with Gasteiger partial charge in [0.1, 0.15) is 6.61 Å². The van der Waals surface area contributed by atoms with Gasteiger partial charge >= 0.3 is 0 Å². The number of morpholine rings is 1. The van der Waals surface area contributed by atoms with Gasteiger partial charge in [-0.05, 0) is 61.1 Å². The van der Waals surface area contributed by atoms with E-state index in [0.29, 0.717) is 43.5 Å². The first-order chi connectivity index (χ1) is 16.8. The summed E-state index contributed by atoms with van der Waals surface area (Å²) in [6.45, 7) is 1.44. The molecule has 0 bridgehead atoms. The van der Waals surface area contributed by atoms with Crippen LogP contribution in [0, 0.1) is 0 Å². The first kappa shape index (κ1) is 22.9. The summed E-state index contributed by atoms with van der Waals surface area (Å²) < 4.78 is 34.2. The molecule has 3 fully saturated rings. The predicted octanol–water partition coefficient (Wildman–Crippen LogP) is 4.10. The Hall–Kier alpha value is -2.52. The summed E-state index contributed by atoms with van der Waals surface area (Å²) in [6.07, 6.45) is 4.92. The summed E-state index contributed by atoms with van der Waals surface area (Å²) >= 11 is 6.02. The molecule has 1 aromatic heterocycles. The van der Waals surface area contributed by atoms with Gasteiger partial charge in [-0.3, -0.25) is 9.78 Å². The predicted molar refractivity (Wildman–Crippen MR) is 134 cm³/mol. The number of halogens is 1. The molecule has 1 amide bonds. The summed E-state index contributed by atoms with van der Waals surface area (Å²) in [4.78, 5) is 18.8. The SMILES string of the molecule is O=C1COC2(CCN(S(=O)(=O)c3ccc(-c4ccc5cc(Cl)cnc5c4)cc3)CC2)CN1C1CC1. The molecular formula is C26H26ClN3O4S. The molecule has 3 aromatic rings. The lowest BCUT2D eigenvalue weighted by Crippen LogP contribution is -2.59. The standard InChI is InChI=1S/C26H26ClN3O4S/c27-21-13-20-2-1-19(14-24(20)28-15-21)18-3-7-23(8-4-18)35(32,33)29-11-9-26(10-12-29)17-30(22-5-6-22)25(31)16-34-26/h1-4,7-8,13-15,22H,5-6,9-12,16-17H2. The number of pyridine rings is 1. The number of carbonyl (C=O) groups is 1. The number of nitrogens with zero attached hydrogens (tertiary/aromatic N) is 3. The van der Waals surface area contributed by atoms with Gasteiger partial charge in [-0.15, -0.1) is 0 Å². The molecule has 0 radical (unpaired) electrons. The lowest BCUT2D eigenvalue weighted by atomic mass is 9.90. The zero-order valence-corrected chi connectivity index (χ0v) is 20.8. The average Bonchev–Trinajstić information content (AvgIpc) is 3.71. The largest absolute Gasteiger partial charge is 0.363 e. The van der Waals surface area contributed by atoms with Crippen LogP contribution in [-0.2, 0) is 19.6 Å². The van der Waals surface area contributed by atoms with E-state index in [1.54, 1.807) is 18.3 Å². The van der Waals surface area contributed by atoms with Crippen LogP contribution in [-0.4, -0.2) is 66.4 Å². The van der Waals surface area contributed by atoms with Crippen LogP contribution in [0.5, 0.6) is 0 Å². The Labute approximate surface area is 209 Å². The van der Waals surface area contributed by atoms with Gasteiger partial charge in [-0.25, -0.2) is 8.42 Å². The van der Waals surface area contributed by atoms with Crippen molar-refractivity contribution in [1.29, 1.82) is 0 Å². The van der Waals surface area contributed by atoms with Crippen molar-refractivity contribution in [2.45, 2.75) is 42.2 Å². The molecule has 3 aliphatic rings. The molecular weight excluding hydrogens is 486 g/mol. The van der Waals surface area contributed by atoms with Gasteiger partial charge in [0.05, 0.1) is 27.6 Å². The molecule has 2 saturated heterocycles. The normalized spacial score (nSPS) is 21.1. The molecule has 35 heavy (non-hydrogen) atoms. The summed E-state index contributed by atoms with van der Waals surface area (Å²) in [5.74, 6) is 0.0549. The Bertz CT molecular complexity index is 1400. The molecule has 1 saturated carbocycles. The zero-order chi connectivity index (χ0) is 24.2. The average molecular weight is 512 g/mol. The van der Waals surface area contributed by atoms with E-state index in [9.17, 15) is 13.2 Å². The number of fused-ring (bicyclic) bond motifs is 1. The van der Waals surface area contributed by atoms with Crippen LogP contribution in [0.4, 0.5) is 0 Å². The van der Waals surface area contributed by atoms with Gasteiger partial charge in [0.15, 0.2) is 0 Å². The third-order valence-corrected chi connectivity index (χ3v) is 9.50. The Morgan fingerprint density at radius 1 is 1.00 bits per heavy atom. The van der Waals surface area contributed by atoms with Crippen LogP contribution < -0.4 is 0 Å². The number of amides is 1. The summed E-state index contributed by atoms with van der Waals surface area (Å²) in [5.41, 5.74) is 2.28. The van der Waals surface area contributed by atoms with Crippen LogP contribution >= 0.6 is 11.6 Å². The first-order valence-electron chi connectivity index (χ1n) is 11.9. The Kier molecular flexibility index (Phi) is 5.60. The van der Waals surface area contributed by atoms with E-state index in [2.05, 4.69) is 4.98 Å². The van der Waals surface area contributed by atoms with E-state index in [0.717, 1.165) is 34.9 Å². The molecule has 9 heteroatoms. The van der Waals surface area contributed by atoms with Crippen LogP contribution in [0.1, 0.15) is 25.7 Å². The fourth-order valence-electron chi connectivity index (χ4n) is 5.14. The van der Waals surface area contributed by atoms with Crippen molar-refractivity contribution in [3.8, 4) is 11.1 Å². The van der Waals surface area contributed by atoms with Gasteiger partial charge in [0, 0.05) is 30.7 Å².